The van der Waals surface area contributed by atoms with Gasteiger partial charge in [0.05, 0.1) is 17.1 Å². The van der Waals surface area contributed by atoms with Crippen LogP contribution in [0.1, 0.15) is 16.9 Å². The Labute approximate surface area is 157 Å². The van der Waals surface area contributed by atoms with Gasteiger partial charge in [-0.2, -0.15) is 5.10 Å². The molecule has 1 aromatic carbocycles. The van der Waals surface area contributed by atoms with Gasteiger partial charge < -0.3 is 15.2 Å². The number of H-pyrrole nitrogens is 1. The number of nitrogens with one attached hydrogen (secondary N) is 2. The average Bonchev–Trinajstić information content (AvgIpc) is 3.24. The normalized spacial score (nSPS) is 16.4. The van der Waals surface area contributed by atoms with Gasteiger partial charge >= 0.3 is 6.16 Å². The Hall–Kier alpha value is -3.20. The number of carbonyl (C=O) groups is 1. The molecule has 136 valence electrons. The van der Waals surface area contributed by atoms with Crippen molar-refractivity contribution < 1.29 is 14.6 Å². The lowest BCUT2D eigenvalue weighted by Crippen LogP contribution is -2.23. The van der Waals surface area contributed by atoms with Crippen LogP contribution in [0.25, 0.3) is 21.1 Å². The van der Waals surface area contributed by atoms with Crippen LogP contribution in [0.5, 0.6) is 0 Å². The monoisotopic (exact) mass is 381 g/mol. The molecule has 0 radical (unpaired) electrons. The SMILES string of the molecule is O=C(O)OC1CCc2c(sc3ncnc(Nc4ccc5[nH]ncc5c4)c23)C1. The van der Waals surface area contributed by atoms with Gasteiger partial charge in [-0.15, -0.1) is 11.3 Å². The Kier molecular flexibility index (Phi) is 3.68. The number of anilines is 2. The second-order valence-electron chi connectivity index (χ2n) is 6.45. The van der Waals surface area contributed by atoms with Crippen molar-refractivity contribution in [1.82, 2.24) is 20.2 Å². The number of aromatic nitrogens is 4. The highest BCUT2D eigenvalue weighted by Crippen LogP contribution is 2.39. The highest BCUT2D eigenvalue weighted by atomic mass is 32.1. The molecule has 1 atom stereocenters. The molecule has 3 heterocycles. The average molecular weight is 381 g/mol. The molecule has 3 aromatic heterocycles. The van der Waals surface area contributed by atoms with Crippen molar-refractivity contribution in [3.8, 4) is 0 Å². The molecule has 0 saturated heterocycles. The number of nitrogens with zero attached hydrogens (tertiary/aromatic N) is 3. The third-order valence-electron chi connectivity index (χ3n) is 4.77. The first-order chi connectivity index (χ1) is 13.2. The number of aryl methyl sites for hydroxylation is 1. The quantitative estimate of drug-likeness (QED) is 0.462. The highest BCUT2D eigenvalue weighted by Gasteiger charge is 2.27. The second-order valence-corrected chi connectivity index (χ2v) is 7.54. The molecule has 8 nitrogen and oxygen atoms in total. The summed E-state index contributed by atoms with van der Waals surface area (Å²) in [5.41, 5.74) is 3.09. The van der Waals surface area contributed by atoms with E-state index >= 15 is 0 Å². The number of thiophene rings is 1. The standard InChI is InChI=1S/C18H15N5O3S/c24-18(25)26-11-2-3-12-14(6-11)27-17-15(12)16(19-8-20-17)22-10-1-4-13-9(5-10)7-21-23-13/h1,4-5,7-8,11H,2-3,6H2,(H,21,23)(H,24,25)(H,19,20,22). The van der Waals surface area contributed by atoms with E-state index in [9.17, 15) is 4.79 Å². The van der Waals surface area contributed by atoms with Gasteiger partial charge in [-0.3, -0.25) is 5.10 Å². The second kappa shape index (κ2) is 6.20. The lowest BCUT2D eigenvalue weighted by atomic mass is 9.94. The maximum atomic E-state index is 10.8. The van der Waals surface area contributed by atoms with Gasteiger partial charge in [0.2, 0.25) is 0 Å². The molecule has 1 aliphatic carbocycles. The number of fused-ring (bicyclic) bond motifs is 4. The van der Waals surface area contributed by atoms with Gasteiger partial charge in [0.1, 0.15) is 23.1 Å². The summed E-state index contributed by atoms with van der Waals surface area (Å²) in [7, 11) is 0. The lowest BCUT2D eigenvalue weighted by molar-refractivity contribution is 0.0467. The number of aromatic amines is 1. The van der Waals surface area contributed by atoms with Gasteiger partial charge in [-0.05, 0) is 36.6 Å². The fourth-order valence-corrected chi connectivity index (χ4v) is 4.83. The number of hydrogen-bond acceptors (Lipinski definition) is 7. The zero-order chi connectivity index (χ0) is 18.4. The molecule has 9 heteroatoms. The van der Waals surface area contributed by atoms with Crippen LogP contribution in [-0.2, 0) is 17.6 Å². The van der Waals surface area contributed by atoms with Crippen LogP contribution in [0, 0.1) is 0 Å². The van der Waals surface area contributed by atoms with E-state index in [0.717, 1.165) is 43.9 Å². The molecule has 0 amide bonds. The Balaban J connectivity index is 1.52. The van der Waals surface area contributed by atoms with Crippen LogP contribution >= 0.6 is 11.3 Å². The molecule has 27 heavy (non-hydrogen) atoms. The molecule has 4 aromatic rings. The third-order valence-corrected chi connectivity index (χ3v) is 5.93. The van der Waals surface area contributed by atoms with Crippen molar-refractivity contribution in [2.75, 3.05) is 5.32 Å². The first-order valence-corrected chi connectivity index (χ1v) is 9.34. The maximum absolute atomic E-state index is 10.8. The summed E-state index contributed by atoms with van der Waals surface area (Å²) in [6, 6.07) is 5.96. The number of carboxylic acid groups (broad SMARTS) is 1. The van der Waals surface area contributed by atoms with E-state index in [1.54, 1.807) is 23.9 Å². The van der Waals surface area contributed by atoms with Crippen LogP contribution < -0.4 is 5.32 Å². The first kappa shape index (κ1) is 16.0. The van der Waals surface area contributed by atoms with Crippen LogP contribution in [0.4, 0.5) is 16.3 Å². The van der Waals surface area contributed by atoms with E-state index in [1.165, 1.54) is 5.56 Å². The summed E-state index contributed by atoms with van der Waals surface area (Å²) in [6.45, 7) is 0. The van der Waals surface area contributed by atoms with Crippen LogP contribution in [0.3, 0.4) is 0 Å². The van der Waals surface area contributed by atoms with Crippen molar-refractivity contribution in [3.05, 3.63) is 41.2 Å². The number of rotatable bonds is 3. The van der Waals surface area contributed by atoms with Crippen molar-refractivity contribution in [2.24, 2.45) is 0 Å². The molecule has 0 fully saturated rings. The predicted molar refractivity (Wildman–Crippen MR) is 102 cm³/mol. The molecular weight excluding hydrogens is 366 g/mol. The zero-order valence-electron chi connectivity index (χ0n) is 14.1. The van der Waals surface area contributed by atoms with Gasteiger partial charge in [-0.25, -0.2) is 14.8 Å². The van der Waals surface area contributed by atoms with E-state index < -0.39 is 6.16 Å². The van der Waals surface area contributed by atoms with Crippen LogP contribution in [-0.4, -0.2) is 37.5 Å². The molecule has 1 aliphatic rings. The molecule has 0 spiro atoms. The first-order valence-electron chi connectivity index (χ1n) is 8.52. The maximum Gasteiger partial charge on any atom is 0.506 e. The molecule has 0 aliphatic heterocycles. The summed E-state index contributed by atoms with van der Waals surface area (Å²) >= 11 is 1.58. The fraction of sp³-hybridized carbons (Fsp3) is 0.222. The van der Waals surface area contributed by atoms with Crippen molar-refractivity contribution in [3.63, 3.8) is 0 Å². The minimum Gasteiger partial charge on any atom is -0.450 e. The summed E-state index contributed by atoms with van der Waals surface area (Å²) in [4.78, 5) is 21.7. The Bertz CT molecular complexity index is 1170. The summed E-state index contributed by atoms with van der Waals surface area (Å²) in [5.74, 6) is 0.762. The van der Waals surface area contributed by atoms with Gasteiger partial charge in [-0.1, -0.05) is 0 Å². The van der Waals surface area contributed by atoms with Gasteiger partial charge in [0.15, 0.2) is 0 Å². The number of benzene rings is 1. The van der Waals surface area contributed by atoms with Crippen molar-refractivity contribution in [2.45, 2.75) is 25.4 Å². The van der Waals surface area contributed by atoms with E-state index in [2.05, 4.69) is 25.5 Å². The Morgan fingerprint density at radius 3 is 3.19 bits per heavy atom. The minimum atomic E-state index is -1.22. The van der Waals surface area contributed by atoms with Crippen LogP contribution in [0.2, 0.25) is 0 Å². The Morgan fingerprint density at radius 2 is 2.30 bits per heavy atom. The fourth-order valence-electron chi connectivity index (χ4n) is 3.58. The summed E-state index contributed by atoms with van der Waals surface area (Å²) in [5, 5.41) is 21.3. The highest BCUT2D eigenvalue weighted by molar-refractivity contribution is 7.19. The number of hydrogen-bond donors (Lipinski definition) is 3. The molecular formula is C18H15N5O3S. The molecule has 1 unspecified atom stereocenters. The van der Waals surface area contributed by atoms with Gasteiger partial charge in [0, 0.05) is 22.4 Å². The topological polar surface area (TPSA) is 113 Å². The number of ether oxygens (including phenoxy) is 1. The third kappa shape index (κ3) is 2.85. The summed E-state index contributed by atoms with van der Waals surface area (Å²) in [6.07, 6.45) is 3.82. The molecule has 5 rings (SSSR count). The van der Waals surface area contributed by atoms with E-state index in [1.807, 2.05) is 18.2 Å². The largest absolute Gasteiger partial charge is 0.506 e. The molecule has 0 bridgehead atoms. The van der Waals surface area contributed by atoms with Crippen molar-refractivity contribution >= 4 is 50.1 Å². The minimum absolute atomic E-state index is 0.295. The Morgan fingerprint density at radius 1 is 1.37 bits per heavy atom. The zero-order valence-corrected chi connectivity index (χ0v) is 14.9. The van der Waals surface area contributed by atoms with Crippen molar-refractivity contribution in [1.29, 1.82) is 0 Å². The van der Waals surface area contributed by atoms with E-state index in [-0.39, 0.29) is 6.10 Å². The molecule has 3 N–H and O–H groups in total. The van der Waals surface area contributed by atoms with Crippen LogP contribution in [0.15, 0.2) is 30.7 Å². The smallest absolute Gasteiger partial charge is 0.450 e. The molecule has 0 saturated carbocycles. The summed E-state index contributed by atoms with van der Waals surface area (Å²) < 4.78 is 4.97. The van der Waals surface area contributed by atoms with Gasteiger partial charge in [0.25, 0.3) is 0 Å². The van der Waals surface area contributed by atoms with E-state index in [4.69, 9.17) is 9.84 Å². The predicted octanol–water partition coefficient (Wildman–Crippen LogP) is 3.86. The lowest BCUT2D eigenvalue weighted by Gasteiger charge is -2.21. The van der Waals surface area contributed by atoms with E-state index in [0.29, 0.717) is 12.8 Å².